The molecule has 8 heteroatoms. The first-order chi connectivity index (χ1) is 9.94. The Kier molecular flexibility index (Phi) is 4.46. The number of anilines is 1. The van der Waals surface area contributed by atoms with Crippen LogP contribution in [-0.2, 0) is 11.0 Å². The molecule has 0 aliphatic rings. The van der Waals surface area contributed by atoms with Crippen molar-refractivity contribution in [1.82, 2.24) is 4.98 Å². The largest absolute Gasteiger partial charge is 0.438 e. The van der Waals surface area contributed by atoms with Crippen molar-refractivity contribution in [1.29, 1.82) is 0 Å². The van der Waals surface area contributed by atoms with Crippen molar-refractivity contribution in [3.63, 3.8) is 0 Å². The van der Waals surface area contributed by atoms with Gasteiger partial charge in [-0.25, -0.2) is 0 Å². The topological polar surface area (TPSA) is 42.4 Å². The SMILES string of the molecule is CCN(C=O)c1cccc(Oc2csc(C(F)(F)F)c2)n1. The Bertz CT molecular complexity index is 628. The molecule has 21 heavy (non-hydrogen) atoms. The fourth-order valence-corrected chi connectivity index (χ4v) is 2.23. The van der Waals surface area contributed by atoms with Gasteiger partial charge in [-0.1, -0.05) is 6.07 Å². The first-order valence-corrected chi connectivity index (χ1v) is 6.84. The van der Waals surface area contributed by atoms with E-state index in [9.17, 15) is 18.0 Å². The molecule has 112 valence electrons. The number of pyridine rings is 1. The van der Waals surface area contributed by atoms with E-state index in [1.54, 1.807) is 19.1 Å². The van der Waals surface area contributed by atoms with Crippen LogP contribution < -0.4 is 9.64 Å². The second-order valence-corrected chi connectivity index (χ2v) is 4.88. The van der Waals surface area contributed by atoms with Gasteiger partial charge in [-0.05, 0) is 13.0 Å². The minimum Gasteiger partial charge on any atom is -0.438 e. The van der Waals surface area contributed by atoms with Crippen LogP contribution in [0.15, 0.2) is 29.6 Å². The van der Waals surface area contributed by atoms with E-state index in [-0.39, 0.29) is 11.6 Å². The Morgan fingerprint density at radius 1 is 1.43 bits per heavy atom. The molecule has 0 fully saturated rings. The summed E-state index contributed by atoms with van der Waals surface area (Å²) < 4.78 is 42.8. The summed E-state index contributed by atoms with van der Waals surface area (Å²) in [5, 5.41) is 1.26. The van der Waals surface area contributed by atoms with E-state index in [0.717, 1.165) is 6.07 Å². The highest BCUT2D eigenvalue weighted by molar-refractivity contribution is 7.10. The van der Waals surface area contributed by atoms with Gasteiger partial charge in [0, 0.05) is 24.1 Å². The number of carbonyl (C=O) groups excluding carboxylic acids is 1. The first-order valence-electron chi connectivity index (χ1n) is 5.96. The maximum atomic E-state index is 12.5. The van der Waals surface area contributed by atoms with Crippen LogP contribution in [0.5, 0.6) is 11.6 Å². The average Bonchev–Trinajstić information content (AvgIpc) is 2.89. The zero-order valence-electron chi connectivity index (χ0n) is 10.9. The molecule has 0 aliphatic carbocycles. The highest BCUT2D eigenvalue weighted by Crippen LogP contribution is 2.37. The lowest BCUT2D eigenvalue weighted by Gasteiger charge is -2.14. The molecule has 2 aromatic heterocycles. The number of carbonyl (C=O) groups is 1. The van der Waals surface area contributed by atoms with Gasteiger partial charge >= 0.3 is 6.18 Å². The van der Waals surface area contributed by atoms with Gasteiger partial charge in [0.2, 0.25) is 12.3 Å². The quantitative estimate of drug-likeness (QED) is 0.785. The van der Waals surface area contributed by atoms with Gasteiger partial charge in [0.15, 0.2) is 0 Å². The zero-order chi connectivity index (χ0) is 15.5. The van der Waals surface area contributed by atoms with E-state index >= 15 is 0 Å². The molecule has 0 bridgehead atoms. The Morgan fingerprint density at radius 2 is 2.19 bits per heavy atom. The summed E-state index contributed by atoms with van der Waals surface area (Å²) in [6, 6.07) is 5.64. The molecule has 2 aromatic rings. The fourth-order valence-electron chi connectivity index (χ4n) is 1.55. The van der Waals surface area contributed by atoms with Crippen molar-refractivity contribution in [2.24, 2.45) is 0 Å². The number of halogens is 3. The highest BCUT2D eigenvalue weighted by atomic mass is 32.1. The van der Waals surface area contributed by atoms with Crippen molar-refractivity contribution in [3.05, 3.63) is 34.5 Å². The summed E-state index contributed by atoms with van der Waals surface area (Å²) in [5.41, 5.74) is 0. The Labute approximate surface area is 122 Å². The molecule has 4 nitrogen and oxygen atoms in total. The Hall–Kier alpha value is -2.09. The van der Waals surface area contributed by atoms with Crippen molar-refractivity contribution >= 4 is 23.6 Å². The first kappa shape index (κ1) is 15.3. The standard InChI is InChI=1S/C13H11F3N2O2S/c1-2-18(8-19)11-4-3-5-12(17-11)20-9-6-10(21-7-9)13(14,15)16/h3-8H,2H2,1H3. The van der Waals surface area contributed by atoms with Crippen molar-refractivity contribution < 1.29 is 22.7 Å². The van der Waals surface area contributed by atoms with Gasteiger partial charge in [0.25, 0.3) is 0 Å². The van der Waals surface area contributed by atoms with Crippen LogP contribution in [0.4, 0.5) is 19.0 Å². The maximum absolute atomic E-state index is 12.5. The minimum absolute atomic E-state index is 0.0612. The molecule has 0 aromatic carbocycles. The van der Waals surface area contributed by atoms with Gasteiger partial charge in [-0.3, -0.25) is 9.69 Å². The van der Waals surface area contributed by atoms with Gasteiger partial charge in [0.05, 0.1) is 0 Å². The summed E-state index contributed by atoms with van der Waals surface area (Å²) in [6.07, 6.45) is -3.77. The second kappa shape index (κ2) is 6.13. The number of ether oxygens (including phenoxy) is 1. The second-order valence-electron chi connectivity index (χ2n) is 3.97. The predicted octanol–water partition coefficient (Wildman–Crippen LogP) is 3.94. The summed E-state index contributed by atoms with van der Waals surface area (Å²) >= 11 is 0.551. The molecular weight excluding hydrogens is 305 g/mol. The lowest BCUT2D eigenvalue weighted by Crippen LogP contribution is -2.21. The van der Waals surface area contributed by atoms with E-state index in [2.05, 4.69) is 4.98 Å². The molecular formula is C13H11F3N2O2S. The molecule has 0 spiro atoms. The fraction of sp³-hybridized carbons (Fsp3) is 0.231. The molecule has 0 N–H and O–H groups in total. The number of hydrogen-bond donors (Lipinski definition) is 0. The van der Waals surface area contributed by atoms with E-state index in [1.165, 1.54) is 16.3 Å². The van der Waals surface area contributed by atoms with Gasteiger partial charge in [-0.2, -0.15) is 18.2 Å². The van der Waals surface area contributed by atoms with Gasteiger partial charge in [0.1, 0.15) is 16.4 Å². The molecule has 0 saturated heterocycles. The van der Waals surface area contributed by atoms with Gasteiger partial charge < -0.3 is 4.74 Å². The lowest BCUT2D eigenvalue weighted by atomic mass is 10.4. The third-order valence-electron chi connectivity index (χ3n) is 2.55. The summed E-state index contributed by atoms with van der Waals surface area (Å²) in [4.78, 5) is 15.5. The van der Waals surface area contributed by atoms with Crippen LogP contribution >= 0.6 is 11.3 Å². The van der Waals surface area contributed by atoms with E-state index in [0.29, 0.717) is 30.1 Å². The van der Waals surface area contributed by atoms with E-state index in [1.807, 2.05) is 0 Å². The molecule has 0 saturated carbocycles. The molecule has 0 aliphatic heterocycles. The van der Waals surface area contributed by atoms with Crippen LogP contribution in [0.1, 0.15) is 11.8 Å². The number of alkyl halides is 3. The smallest absolute Gasteiger partial charge is 0.425 e. The molecule has 2 rings (SSSR count). The summed E-state index contributed by atoms with van der Waals surface area (Å²) in [7, 11) is 0. The monoisotopic (exact) mass is 316 g/mol. The third kappa shape index (κ3) is 3.72. The van der Waals surface area contributed by atoms with E-state index in [4.69, 9.17) is 4.74 Å². The molecule has 0 unspecified atom stereocenters. The zero-order valence-corrected chi connectivity index (χ0v) is 11.7. The van der Waals surface area contributed by atoms with Crippen LogP contribution in [0.25, 0.3) is 0 Å². The normalized spacial score (nSPS) is 11.2. The van der Waals surface area contributed by atoms with Crippen LogP contribution in [0.3, 0.4) is 0 Å². The highest BCUT2D eigenvalue weighted by Gasteiger charge is 2.32. The number of nitrogens with zero attached hydrogens (tertiary/aromatic N) is 2. The number of rotatable bonds is 5. The summed E-state index contributed by atoms with van der Waals surface area (Å²) in [6.45, 7) is 2.20. The molecule has 1 amide bonds. The minimum atomic E-state index is -4.39. The third-order valence-corrected chi connectivity index (χ3v) is 3.50. The number of thiophene rings is 1. The molecule has 0 atom stereocenters. The average molecular weight is 316 g/mol. The van der Waals surface area contributed by atoms with Crippen LogP contribution in [0.2, 0.25) is 0 Å². The van der Waals surface area contributed by atoms with Crippen LogP contribution in [-0.4, -0.2) is 17.9 Å². The molecule has 2 heterocycles. The van der Waals surface area contributed by atoms with Gasteiger partial charge in [-0.15, -0.1) is 11.3 Å². The van der Waals surface area contributed by atoms with E-state index < -0.39 is 11.1 Å². The molecule has 0 radical (unpaired) electrons. The predicted molar refractivity (Wildman–Crippen MR) is 72.7 cm³/mol. The Balaban J connectivity index is 2.18. The van der Waals surface area contributed by atoms with Crippen molar-refractivity contribution in [2.75, 3.05) is 11.4 Å². The lowest BCUT2D eigenvalue weighted by molar-refractivity contribution is -0.134. The number of hydrogen-bond acceptors (Lipinski definition) is 4. The Morgan fingerprint density at radius 3 is 2.76 bits per heavy atom. The number of aromatic nitrogens is 1. The number of amides is 1. The van der Waals surface area contributed by atoms with Crippen LogP contribution in [0, 0.1) is 0 Å². The summed E-state index contributed by atoms with van der Waals surface area (Å²) in [5.74, 6) is 0.557. The maximum Gasteiger partial charge on any atom is 0.425 e. The van der Waals surface area contributed by atoms with Crippen molar-refractivity contribution in [3.8, 4) is 11.6 Å². The van der Waals surface area contributed by atoms with Crippen molar-refractivity contribution in [2.45, 2.75) is 13.1 Å².